The van der Waals surface area contributed by atoms with E-state index in [2.05, 4.69) is 20.1 Å². The van der Waals surface area contributed by atoms with Crippen molar-refractivity contribution in [2.75, 3.05) is 69.6 Å². The lowest BCUT2D eigenvalue weighted by Gasteiger charge is -2.32. The lowest BCUT2D eigenvalue weighted by atomic mass is 10.0. The van der Waals surface area contributed by atoms with E-state index in [4.69, 9.17) is 4.74 Å². The Kier molecular flexibility index (Phi) is 10.5. The van der Waals surface area contributed by atoms with E-state index < -0.39 is 6.09 Å². The number of anilines is 2. The second-order valence-electron chi connectivity index (χ2n) is 11.5. The molecule has 2 aliphatic heterocycles. The van der Waals surface area contributed by atoms with Crippen LogP contribution in [0.1, 0.15) is 36.7 Å². The van der Waals surface area contributed by atoms with E-state index in [0.29, 0.717) is 18.8 Å². The molecule has 1 N–H and O–H groups in total. The Morgan fingerprint density at radius 1 is 0.909 bits per heavy atom. The van der Waals surface area contributed by atoms with Gasteiger partial charge in [-0.05, 0) is 43.0 Å². The minimum atomic E-state index is -0.440. The van der Waals surface area contributed by atoms with Crippen molar-refractivity contribution in [3.05, 3.63) is 78.6 Å². The summed E-state index contributed by atoms with van der Waals surface area (Å²) in [6.07, 6.45) is 3.56. The van der Waals surface area contributed by atoms with Gasteiger partial charge in [-0.15, -0.1) is 0 Å². The smallest absolute Gasteiger partial charge is 0.411 e. The molecule has 0 unspecified atom stereocenters. The van der Waals surface area contributed by atoms with Gasteiger partial charge in [0.25, 0.3) is 5.91 Å². The summed E-state index contributed by atoms with van der Waals surface area (Å²) in [6, 6.07) is 21.4. The predicted molar refractivity (Wildman–Crippen MR) is 172 cm³/mol. The minimum absolute atomic E-state index is 0.107. The number of hydrogen-bond acceptors (Lipinski definition) is 7. The molecule has 0 aliphatic carbocycles. The molecule has 3 amide bonds. The molecule has 2 aromatic carbocycles. The zero-order valence-corrected chi connectivity index (χ0v) is 25.7. The zero-order valence-electron chi connectivity index (χ0n) is 25.7. The van der Waals surface area contributed by atoms with Crippen LogP contribution < -0.4 is 10.2 Å². The predicted octanol–water partition coefficient (Wildman–Crippen LogP) is 4.59. The number of carbonyl (C=O) groups excluding carboxylic acids is 3. The number of nitrogens with zero attached hydrogens (tertiary/aromatic N) is 5. The summed E-state index contributed by atoms with van der Waals surface area (Å²) < 4.78 is 5.76. The molecule has 3 aromatic rings. The molecule has 44 heavy (non-hydrogen) atoms. The molecule has 0 spiro atoms. The number of piperidine rings is 1. The van der Waals surface area contributed by atoms with Crippen LogP contribution in [0.3, 0.4) is 0 Å². The summed E-state index contributed by atoms with van der Waals surface area (Å²) in [5.41, 5.74) is 4.09. The SMILES string of the molecule is CC(=O)N1CCCN(c2ccc(C(=O)N(C)CCN3CCC(OC(=O)Nc4ccccc4-c4ccccc4)CC3)nc2)CC1. The molecule has 0 radical (unpaired) electrons. The zero-order chi connectivity index (χ0) is 30.9. The molecular formula is C34H42N6O4. The van der Waals surface area contributed by atoms with Crippen molar-refractivity contribution in [3.63, 3.8) is 0 Å². The van der Waals surface area contributed by atoms with Crippen LogP contribution in [0.15, 0.2) is 72.9 Å². The van der Waals surface area contributed by atoms with Crippen molar-refractivity contribution in [3.8, 4) is 11.1 Å². The molecule has 1 aromatic heterocycles. The molecule has 0 atom stereocenters. The van der Waals surface area contributed by atoms with Gasteiger partial charge in [-0.2, -0.15) is 0 Å². The number of pyridine rings is 1. The molecule has 10 heteroatoms. The maximum atomic E-state index is 13.0. The van der Waals surface area contributed by atoms with Crippen LogP contribution in [-0.4, -0.2) is 103 Å². The van der Waals surface area contributed by atoms with Gasteiger partial charge >= 0.3 is 6.09 Å². The number of ether oxygens (including phenoxy) is 1. The van der Waals surface area contributed by atoms with Gasteiger partial charge in [0.1, 0.15) is 11.8 Å². The van der Waals surface area contributed by atoms with Gasteiger partial charge in [-0.25, -0.2) is 9.78 Å². The van der Waals surface area contributed by atoms with E-state index in [1.807, 2.05) is 65.6 Å². The van der Waals surface area contributed by atoms with Crippen LogP contribution in [-0.2, 0) is 9.53 Å². The van der Waals surface area contributed by atoms with Crippen LogP contribution in [0.25, 0.3) is 11.1 Å². The van der Waals surface area contributed by atoms with E-state index in [-0.39, 0.29) is 17.9 Å². The first-order valence-electron chi connectivity index (χ1n) is 15.4. The van der Waals surface area contributed by atoms with Crippen molar-refractivity contribution < 1.29 is 19.1 Å². The standard InChI is InChI=1S/C34H42N6O4/c1-26(41)39-17-8-18-40(24-23-39)28-13-14-32(35-25-28)33(42)37(2)21-22-38-19-15-29(16-20-38)44-34(43)36-31-12-7-6-11-30(31)27-9-4-3-5-10-27/h3-7,9-14,25,29H,8,15-24H2,1-2H3,(H,36,43). The summed E-state index contributed by atoms with van der Waals surface area (Å²) in [5.74, 6) is -0.00319. The average Bonchev–Trinajstić information content (AvgIpc) is 3.31. The number of amides is 3. The van der Waals surface area contributed by atoms with Crippen molar-refractivity contribution in [1.82, 2.24) is 19.7 Å². The lowest BCUT2D eigenvalue weighted by Crippen LogP contribution is -2.42. The van der Waals surface area contributed by atoms with Crippen molar-refractivity contribution in [1.29, 1.82) is 0 Å². The molecule has 10 nitrogen and oxygen atoms in total. The molecule has 2 fully saturated rings. The second-order valence-corrected chi connectivity index (χ2v) is 11.5. The number of aromatic nitrogens is 1. The molecule has 5 rings (SSSR count). The maximum absolute atomic E-state index is 13.0. The summed E-state index contributed by atoms with van der Waals surface area (Å²) >= 11 is 0. The highest BCUT2D eigenvalue weighted by atomic mass is 16.6. The molecule has 0 saturated carbocycles. The topological polar surface area (TPSA) is 98.3 Å². The number of para-hydroxylation sites is 1. The highest BCUT2D eigenvalue weighted by Crippen LogP contribution is 2.28. The third-order valence-corrected chi connectivity index (χ3v) is 8.43. The van der Waals surface area contributed by atoms with Gasteiger partial charge in [0.15, 0.2) is 0 Å². The van der Waals surface area contributed by atoms with Gasteiger partial charge in [0.05, 0.1) is 17.6 Å². The summed E-state index contributed by atoms with van der Waals surface area (Å²) in [7, 11) is 1.80. The molecule has 232 valence electrons. The Labute approximate surface area is 259 Å². The van der Waals surface area contributed by atoms with E-state index >= 15 is 0 Å². The first-order valence-corrected chi connectivity index (χ1v) is 15.4. The fourth-order valence-corrected chi connectivity index (χ4v) is 5.78. The number of carbonyl (C=O) groups is 3. The monoisotopic (exact) mass is 598 g/mol. The summed E-state index contributed by atoms with van der Waals surface area (Å²) in [6.45, 7) is 7.59. The van der Waals surface area contributed by atoms with Crippen molar-refractivity contribution >= 4 is 29.3 Å². The lowest BCUT2D eigenvalue weighted by molar-refractivity contribution is -0.128. The quantitative estimate of drug-likeness (QED) is 0.405. The number of hydrogen-bond donors (Lipinski definition) is 1. The first kappa shape index (κ1) is 31.0. The van der Waals surface area contributed by atoms with Crippen LogP contribution in [0, 0.1) is 0 Å². The Balaban J connectivity index is 1.04. The largest absolute Gasteiger partial charge is 0.446 e. The maximum Gasteiger partial charge on any atom is 0.411 e. The minimum Gasteiger partial charge on any atom is -0.446 e. The number of benzene rings is 2. The van der Waals surface area contributed by atoms with Gasteiger partial charge in [-0.3, -0.25) is 14.9 Å². The van der Waals surface area contributed by atoms with Gasteiger partial charge in [-0.1, -0.05) is 48.5 Å². The van der Waals surface area contributed by atoms with E-state index in [1.165, 1.54) is 0 Å². The molecular weight excluding hydrogens is 556 g/mol. The van der Waals surface area contributed by atoms with Gasteiger partial charge in [0, 0.05) is 71.9 Å². The molecule has 2 saturated heterocycles. The van der Waals surface area contributed by atoms with Crippen LogP contribution >= 0.6 is 0 Å². The Hall–Kier alpha value is -4.44. The Bertz CT molecular complexity index is 1410. The fraction of sp³-hybridized carbons (Fsp3) is 0.412. The van der Waals surface area contributed by atoms with Gasteiger partial charge in [0.2, 0.25) is 5.91 Å². The average molecular weight is 599 g/mol. The normalized spacial score (nSPS) is 16.2. The summed E-state index contributed by atoms with van der Waals surface area (Å²) in [5, 5.41) is 2.92. The van der Waals surface area contributed by atoms with E-state index in [0.717, 1.165) is 81.0 Å². The van der Waals surface area contributed by atoms with E-state index in [1.54, 1.807) is 31.1 Å². The first-order chi connectivity index (χ1) is 21.4. The van der Waals surface area contributed by atoms with Crippen molar-refractivity contribution in [2.24, 2.45) is 0 Å². The number of nitrogens with one attached hydrogen (secondary N) is 1. The van der Waals surface area contributed by atoms with Crippen LogP contribution in [0.2, 0.25) is 0 Å². The van der Waals surface area contributed by atoms with Crippen molar-refractivity contribution in [2.45, 2.75) is 32.3 Å². The number of likely N-dealkylation sites (N-methyl/N-ethyl adjacent to an activating group) is 1. The van der Waals surface area contributed by atoms with Crippen LogP contribution in [0.5, 0.6) is 0 Å². The summed E-state index contributed by atoms with van der Waals surface area (Å²) in [4.78, 5) is 50.0. The van der Waals surface area contributed by atoms with Crippen LogP contribution in [0.4, 0.5) is 16.2 Å². The third-order valence-electron chi connectivity index (χ3n) is 8.43. The van der Waals surface area contributed by atoms with E-state index in [9.17, 15) is 14.4 Å². The molecule has 2 aliphatic rings. The Morgan fingerprint density at radius 2 is 1.66 bits per heavy atom. The van der Waals surface area contributed by atoms with Gasteiger partial charge < -0.3 is 24.3 Å². The Morgan fingerprint density at radius 3 is 2.39 bits per heavy atom. The number of rotatable bonds is 8. The third kappa shape index (κ3) is 8.13. The number of likely N-dealkylation sites (tertiary alicyclic amines) is 1. The molecule has 3 heterocycles. The second kappa shape index (κ2) is 14.8. The highest BCUT2D eigenvalue weighted by molar-refractivity contribution is 5.92. The highest BCUT2D eigenvalue weighted by Gasteiger charge is 2.24. The molecule has 0 bridgehead atoms. The fourth-order valence-electron chi connectivity index (χ4n) is 5.78.